The molecule has 0 bridgehead atoms. The fourth-order valence-corrected chi connectivity index (χ4v) is 3.19. The number of aliphatic carboxylic acids is 1. The first-order valence-corrected chi connectivity index (χ1v) is 12.6. The van der Waals surface area contributed by atoms with Gasteiger partial charge in [-0.3, -0.25) is 9.59 Å². The van der Waals surface area contributed by atoms with Crippen LogP contribution in [0.2, 0.25) is 0 Å². The lowest BCUT2D eigenvalue weighted by Gasteiger charge is -2.15. The first-order valence-electron chi connectivity index (χ1n) is 12.6. The first-order chi connectivity index (χ1) is 15.6. The molecule has 0 aromatic rings. The van der Waals surface area contributed by atoms with Gasteiger partial charge in [0.2, 0.25) is 0 Å². The highest BCUT2D eigenvalue weighted by molar-refractivity contribution is 5.71. The molecule has 0 radical (unpaired) electrons. The molecule has 1 unspecified atom stereocenters. The SMILES string of the molecule is CCCCC/C=C\C/C=C\C/C=C\C/C=C\CCCC(=O)OC(CCCCC)CC(=O)O. The van der Waals surface area contributed by atoms with E-state index in [2.05, 4.69) is 62.5 Å². The van der Waals surface area contributed by atoms with Crippen LogP contribution in [0, 0.1) is 0 Å². The summed E-state index contributed by atoms with van der Waals surface area (Å²) in [6.07, 6.45) is 30.3. The van der Waals surface area contributed by atoms with E-state index < -0.39 is 12.1 Å². The highest BCUT2D eigenvalue weighted by Crippen LogP contribution is 2.12. The second-order valence-electron chi connectivity index (χ2n) is 8.19. The van der Waals surface area contributed by atoms with Crippen LogP contribution in [0.5, 0.6) is 0 Å². The molecule has 0 fully saturated rings. The number of rotatable bonds is 21. The van der Waals surface area contributed by atoms with Crippen LogP contribution in [0.25, 0.3) is 0 Å². The number of carboxylic acids is 1. The molecule has 0 spiro atoms. The van der Waals surface area contributed by atoms with E-state index in [1.165, 1.54) is 25.7 Å². The van der Waals surface area contributed by atoms with Crippen molar-refractivity contribution in [3.8, 4) is 0 Å². The lowest BCUT2D eigenvalue weighted by Crippen LogP contribution is -2.21. The van der Waals surface area contributed by atoms with E-state index >= 15 is 0 Å². The summed E-state index contributed by atoms with van der Waals surface area (Å²) < 4.78 is 5.37. The lowest BCUT2D eigenvalue weighted by atomic mass is 10.1. The van der Waals surface area contributed by atoms with E-state index in [0.29, 0.717) is 12.8 Å². The Balaban J connectivity index is 3.79. The quantitative estimate of drug-likeness (QED) is 0.110. The van der Waals surface area contributed by atoms with Crippen LogP contribution in [-0.4, -0.2) is 23.1 Å². The van der Waals surface area contributed by atoms with Crippen LogP contribution in [0.3, 0.4) is 0 Å². The maximum absolute atomic E-state index is 12.0. The van der Waals surface area contributed by atoms with E-state index in [4.69, 9.17) is 9.84 Å². The van der Waals surface area contributed by atoms with Crippen molar-refractivity contribution >= 4 is 11.9 Å². The summed E-state index contributed by atoms with van der Waals surface area (Å²) >= 11 is 0. The summed E-state index contributed by atoms with van der Waals surface area (Å²) in [5.41, 5.74) is 0. The van der Waals surface area contributed by atoms with Crippen LogP contribution >= 0.6 is 0 Å². The first kappa shape index (κ1) is 29.9. The van der Waals surface area contributed by atoms with Crippen LogP contribution in [-0.2, 0) is 14.3 Å². The van der Waals surface area contributed by atoms with Crippen molar-refractivity contribution < 1.29 is 19.4 Å². The number of hydrogen-bond acceptors (Lipinski definition) is 3. The van der Waals surface area contributed by atoms with E-state index in [1.807, 2.05) is 0 Å². The number of carbonyl (C=O) groups is 2. The van der Waals surface area contributed by atoms with Crippen LogP contribution in [0.15, 0.2) is 48.6 Å². The molecule has 32 heavy (non-hydrogen) atoms. The minimum atomic E-state index is -0.916. The molecule has 1 N–H and O–H groups in total. The van der Waals surface area contributed by atoms with Gasteiger partial charge in [-0.25, -0.2) is 0 Å². The highest BCUT2D eigenvalue weighted by Gasteiger charge is 2.17. The van der Waals surface area contributed by atoms with Gasteiger partial charge in [0, 0.05) is 6.42 Å². The van der Waals surface area contributed by atoms with E-state index in [0.717, 1.165) is 51.4 Å². The predicted molar refractivity (Wildman–Crippen MR) is 135 cm³/mol. The normalized spacial score (nSPS) is 13.1. The predicted octanol–water partition coefficient (Wildman–Crippen LogP) is 8.10. The smallest absolute Gasteiger partial charge is 0.307 e. The minimum Gasteiger partial charge on any atom is -0.481 e. The van der Waals surface area contributed by atoms with Crippen molar-refractivity contribution in [3.63, 3.8) is 0 Å². The lowest BCUT2D eigenvalue weighted by molar-refractivity contribution is -0.153. The molecule has 0 amide bonds. The van der Waals surface area contributed by atoms with Crippen LogP contribution in [0.4, 0.5) is 0 Å². The molecule has 4 nitrogen and oxygen atoms in total. The molecule has 0 aromatic heterocycles. The van der Waals surface area contributed by atoms with Crippen molar-refractivity contribution in [2.24, 2.45) is 0 Å². The average molecular weight is 447 g/mol. The van der Waals surface area contributed by atoms with Crippen molar-refractivity contribution in [1.82, 2.24) is 0 Å². The Bertz CT molecular complexity index is 572. The zero-order valence-electron chi connectivity index (χ0n) is 20.5. The van der Waals surface area contributed by atoms with Gasteiger partial charge in [0.05, 0.1) is 6.42 Å². The van der Waals surface area contributed by atoms with E-state index in [9.17, 15) is 9.59 Å². The number of carbonyl (C=O) groups excluding carboxylic acids is 1. The zero-order valence-corrected chi connectivity index (χ0v) is 20.5. The van der Waals surface area contributed by atoms with Gasteiger partial charge >= 0.3 is 11.9 Å². The molecule has 0 saturated heterocycles. The van der Waals surface area contributed by atoms with Crippen molar-refractivity contribution in [1.29, 1.82) is 0 Å². The molecule has 1 atom stereocenters. The van der Waals surface area contributed by atoms with Gasteiger partial charge in [0.15, 0.2) is 0 Å². The largest absolute Gasteiger partial charge is 0.481 e. The number of unbranched alkanes of at least 4 members (excludes halogenated alkanes) is 6. The molecule has 0 aromatic carbocycles. The number of ether oxygens (including phenoxy) is 1. The number of carboxylic acid groups (broad SMARTS) is 1. The third-order valence-corrected chi connectivity index (χ3v) is 5.04. The summed E-state index contributed by atoms with van der Waals surface area (Å²) in [6.45, 7) is 4.32. The Kier molecular flexibility index (Phi) is 22.0. The van der Waals surface area contributed by atoms with Gasteiger partial charge in [0.25, 0.3) is 0 Å². The van der Waals surface area contributed by atoms with Gasteiger partial charge in [-0.2, -0.15) is 0 Å². The fraction of sp³-hybridized carbons (Fsp3) is 0.643. The standard InChI is InChI=1S/C28H46O4/c1-3-5-7-8-9-10-11-12-13-14-15-16-17-18-19-20-22-24-28(31)32-26(25-27(29)30)23-21-6-4-2/h9-10,12-13,15-16,18-19,26H,3-8,11,14,17,20-25H2,1-2H3,(H,29,30)/b10-9-,13-12-,16-15-,19-18-. The molecule has 0 heterocycles. The van der Waals surface area contributed by atoms with E-state index in [-0.39, 0.29) is 12.4 Å². The number of esters is 1. The fourth-order valence-electron chi connectivity index (χ4n) is 3.19. The topological polar surface area (TPSA) is 63.6 Å². The van der Waals surface area contributed by atoms with E-state index in [1.54, 1.807) is 0 Å². The molecule has 0 aliphatic rings. The molecule has 0 rings (SSSR count). The Morgan fingerprint density at radius 3 is 1.75 bits per heavy atom. The average Bonchev–Trinajstić information content (AvgIpc) is 2.75. The monoisotopic (exact) mass is 446 g/mol. The molecule has 0 aliphatic carbocycles. The van der Waals surface area contributed by atoms with Crippen LogP contribution < -0.4 is 0 Å². The molecule has 0 aliphatic heterocycles. The molecule has 0 saturated carbocycles. The second kappa shape index (κ2) is 23.6. The second-order valence-corrected chi connectivity index (χ2v) is 8.19. The number of hydrogen-bond donors (Lipinski definition) is 1. The third-order valence-electron chi connectivity index (χ3n) is 5.04. The Morgan fingerprint density at radius 1 is 0.719 bits per heavy atom. The Labute approximate surface area is 196 Å². The summed E-state index contributed by atoms with van der Waals surface area (Å²) in [7, 11) is 0. The van der Waals surface area contributed by atoms with Crippen molar-refractivity contribution in [2.45, 2.75) is 116 Å². The molecule has 182 valence electrons. The molecule has 4 heteroatoms. The molecular weight excluding hydrogens is 400 g/mol. The van der Waals surface area contributed by atoms with Gasteiger partial charge in [-0.05, 0) is 57.8 Å². The highest BCUT2D eigenvalue weighted by atomic mass is 16.5. The summed E-state index contributed by atoms with van der Waals surface area (Å²) in [4.78, 5) is 22.9. The van der Waals surface area contributed by atoms with Gasteiger partial charge in [0.1, 0.15) is 6.10 Å². The van der Waals surface area contributed by atoms with Crippen molar-refractivity contribution in [3.05, 3.63) is 48.6 Å². The maximum atomic E-state index is 12.0. The van der Waals surface area contributed by atoms with Crippen LogP contribution in [0.1, 0.15) is 110 Å². The zero-order chi connectivity index (χ0) is 23.7. The summed E-state index contributed by atoms with van der Waals surface area (Å²) in [5.74, 6) is -1.20. The minimum absolute atomic E-state index is 0.105. The van der Waals surface area contributed by atoms with Gasteiger partial charge < -0.3 is 9.84 Å². The summed E-state index contributed by atoms with van der Waals surface area (Å²) in [5, 5.41) is 8.97. The van der Waals surface area contributed by atoms with Gasteiger partial charge in [-0.1, -0.05) is 88.1 Å². The maximum Gasteiger partial charge on any atom is 0.307 e. The Hall–Kier alpha value is -2.10. The molecular formula is C28H46O4. The van der Waals surface area contributed by atoms with Crippen molar-refractivity contribution in [2.75, 3.05) is 0 Å². The third kappa shape index (κ3) is 22.6. The number of allylic oxidation sites excluding steroid dienone is 8. The van der Waals surface area contributed by atoms with Gasteiger partial charge in [-0.15, -0.1) is 0 Å². The summed E-state index contributed by atoms with van der Waals surface area (Å²) in [6, 6.07) is 0. The Morgan fingerprint density at radius 2 is 1.22 bits per heavy atom.